The molecule has 1 heterocycles. The van der Waals surface area contributed by atoms with Crippen LogP contribution in [-0.2, 0) is 20.8 Å². The quantitative estimate of drug-likeness (QED) is 0.466. The first kappa shape index (κ1) is 15.1. The number of hydrogen-bond acceptors (Lipinski definition) is 3. The molecule has 1 aromatic rings. The lowest BCUT2D eigenvalue weighted by Gasteiger charge is -2.04. The van der Waals surface area contributed by atoms with Crippen molar-refractivity contribution in [2.24, 2.45) is 0 Å². The Morgan fingerprint density at radius 2 is 1.67 bits per heavy atom. The van der Waals surface area contributed by atoms with Gasteiger partial charge >= 0.3 is 0 Å². The molecular formula is C14H24NO3+. The van der Waals surface area contributed by atoms with Gasteiger partial charge < -0.3 is 14.2 Å². The number of nitrogens with zero attached hydrogens (tertiary/aromatic N) is 1. The van der Waals surface area contributed by atoms with E-state index in [0.29, 0.717) is 33.0 Å². The van der Waals surface area contributed by atoms with Crippen LogP contribution in [0.1, 0.15) is 12.5 Å². The Bertz CT molecular complexity index is 318. The van der Waals surface area contributed by atoms with Crippen LogP contribution in [0.15, 0.2) is 24.5 Å². The van der Waals surface area contributed by atoms with Crippen molar-refractivity contribution in [3.8, 4) is 0 Å². The fraction of sp³-hybridized carbons (Fsp3) is 0.643. The van der Waals surface area contributed by atoms with Gasteiger partial charge in [-0.05, 0) is 19.9 Å². The van der Waals surface area contributed by atoms with Crippen LogP contribution in [0.4, 0.5) is 0 Å². The molecule has 0 N–H and O–H groups in total. The molecule has 0 bridgehead atoms. The van der Waals surface area contributed by atoms with Gasteiger partial charge in [-0.1, -0.05) is 0 Å². The Labute approximate surface area is 109 Å². The van der Waals surface area contributed by atoms with E-state index < -0.39 is 0 Å². The van der Waals surface area contributed by atoms with E-state index in [9.17, 15) is 0 Å². The number of rotatable bonds is 10. The van der Waals surface area contributed by atoms with Crippen LogP contribution in [-0.4, -0.2) is 39.6 Å². The highest BCUT2D eigenvalue weighted by Gasteiger charge is 1.99. The smallest absolute Gasteiger partial charge is 0.171 e. The summed E-state index contributed by atoms with van der Waals surface area (Å²) >= 11 is 0. The molecule has 0 aliphatic heterocycles. The highest BCUT2D eigenvalue weighted by molar-refractivity contribution is 5.01. The van der Waals surface area contributed by atoms with E-state index in [-0.39, 0.29) is 0 Å². The largest absolute Gasteiger partial charge is 0.379 e. The summed E-state index contributed by atoms with van der Waals surface area (Å²) in [6, 6.07) is 4.13. The molecule has 1 aromatic heterocycles. The highest BCUT2D eigenvalue weighted by Crippen LogP contribution is 1.89. The fourth-order valence-electron chi connectivity index (χ4n) is 1.55. The number of ether oxygens (including phenoxy) is 3. The maximum atomic E-state index is 5.50. The summed E-state index contributed by atoms with van der Waals surface area (Å²) in [4.78, 5) is 0. The van der Waals surface area contributed by atoms with Gasteiger partial charge in [0.25, 0.3) is 0 Å². The molecule has 102 valence electrons. The van der Waals surface area contributed by atoms with E-state index in [1.165, 1.54) is 5.56 Å². The monoisotopic (exact) mass is 254 g/mol. The standard InChI is InChI=1S/C14H24NO3/c1-3-16-9-10-18-12-11-17-8-7-15-6-4-5-14(2)13-15/h4-6,13H,3,7-12H2,1-2H3/q+1. The van der Waals surface area contributed by atoms with E-state index in [0.717, 1.165) is 13.2 Å². The lowest BCUT2D eigenvalue weighted by atomic mass is 10.3. The van der Waals surface area contributed by atoms with Gasteiger partial charge in [0, 0.05) is 18.2 Å². The third-order valence-corrected chi connectivity index (χ3v) is 2.45. The lowest BCUT2D eigenvalue weighted by molar-refractivity contribution is -0.698. The van der Waals surface area contributed by atoms with Crippen LogP contribution in [0.2, 0.25) is 0 Å². The summed E-state index contributed by atoms with van der Waals surface area (Å²) in [7, 11) is 0. The highest BCUT2D eigenvalue weighted by atomic mass is 16.5. The van der Waals surface area contributed by atoms with Crippen molar-refractivity contribution in [1.82, 2.24) is 0 Å². The minimum atomic E-state index is 0.631. The van der Waals surface area contributed by atoms with Crippen molar-refractivity contribution in [3.63, 3.8) is 0 Å². The Morgan fingerprint density at radius 1 is 1.00 bits per heavy atom. The summed E-state index contributed by atoms with van der Waals surface area (Å²) < 4.78 is 18.1. The minimum Gasteiger partial charge on any atom is -0.379 e. The predicted octanol–water partition coefficient (Wildman–Crippen LogP) is 1.35. The molecule has 0 saturated heterocycles. The second-order valence-electron chi connectivity index (χ2n) is 4.04. The molecule has 0 unspecified atom stereocenters. The summed E-state index contributed by atoms with van der Waals surface area (Å²) in [5.41, 5.74) is 1.26. The molecule has 0 atom stereocenters. The van der Waals surface area contributed by atoms with Crippen molar-refractivity contribution in [1.29, 1.82) is 0 Å². The molecule has 0 spiro atoms. The maximum Gasteiger partial charge on any atom is 0.171 e. The maximum absolute atomic E-state index is 5.50. The van der Waals surface area contributed by atoms with Gasteiger partial charge in [0.05, 0.1) is 26.4 Å². The molecule has 1 rings (SSSR count). The van der Waals surface area contributed by atoms with Crippen molar-refractivity contribution in [2.45, 2.75) is 20.4 Å². The van der Waals surface area contributed by atoms with Gasteiger partial charge in [0.2, 0.25) is 0 Å². The molecule has 0 fully saturated rings. The van der Waals surface area contributed by atoms with Crippen molar-refractivity contribution in [3.05, 3.63) is 30.1 Å². The Balaban J connectivity index is 1.92. The van der Waals surface area contributed by atoms with Gasteiger partial charge in [0.15, 0.2) is 18.9 Å². The summed E-state index contributed by atoms with van der Waals surface area (Å²) in [6.07, 6.45) is 4.16. The minimum absolute atomic E-state index is 0.631. The summed E-state index contributed by atoms with van der Waals surface area (Å²) in [5.74, 6) is 0. The van der Waals surface area contributed by atoms with Crippen LogP contribution in [0.3, 0.4) is 0 Å². The molecular weight excluding hydrogens is 230 g/mol. The fourth-order valence-corrected chi connectivity index (χ4v) is 1.55. The first-order valence-corrected chi connectivity index (χ1v) is 6.52. The first-order chi connectivity index (χ1) is 8.83. The van der Waals surface area contributed by atoms with Crippen LogP contribution < -0.4 is 4.57 Å². The molecule has 0 aromatic carbocycles. The van der Waals surface area contributed by atoms with E-state index >= 15 is 0 Å². The first-order valence-electron chi connectivity index (χ1n) is 6.52. The topological polar surface area (TPSA) is 31.6 Å². The molecule has 0 amide bonds. The SMILES string of the molecule is CCOCCOCCOCC[n+]1cccc(C)c1. The average molecular weight is 254 g/mol. The van der Waals surface area contributed by atoms with E-state index in [4.69, 9.17) is 14.2 Å². The molecule has 4 nitrogen and oxygen atoms in total. The lowest BCUT2D eigenvalue weighted by Crippen LogP contribution is -2.35. The Morgan fingerprint density at radius 3 is 2.33 bits per heavy atom. The molecule has 0 saturated carbocycles. The van der Waals surface area contributed by atoms with E-state index in [1.54, 1.807) is 0 Å². The normalized spacial score (nSPS) is 10.8. The third-order valence-electron chi connectivity index (χ3n) is 2.45. The van der Waals surface area contributed by atoms with Gasteiger partial charge in [-0.2, -0.15) is 0 Å². The number of aryl methyl sites for hydroxylation is 1. The number of aromatic nitrogens is 1. The van der Waals surface area contributed by atoms with Gasteiger partial charge in [-0.25, -0.2) is 4.57 Å². The molecule has 0 aliphatic rings. The van der Waals surface area contributed by atoms with Crippen LogP contribution in [0, 0.1) is 6.92 Å². The van der Waals surface area contributed by atoms with Crippen molar-refractivity contribution in [2.75, 3.05) is 39.6 Å². The summed E-state index contributed by atoms with van der Waals surface area (Å²) in [5, 5.41) is 0. The van der Waals surface area contributed by atoms with Gasteiger partial charge in [-0.3, -0.25) is 0 Å². The average Bonchev–Trinajstić information content (AvgIpc) is 2.37. The van der Waals surface area contributed by atoms with Gasteiger partial charge in [-0.15, -0.1) is 0 Å². The second kappa shape index (κ2) is 10.00. The van der Waals surface area contributed by atoms with Crippen LogP contribution >= 0.6 is 0 Å². The van der Waals surface area contributed by atoms with Gasteiger partial charge in [0.1, 0.15) is 6.61 Å². The zero-order valence-electron chi connectivity index (χ0n) is 11.4. The second-order valence-corrected chi connectivity index (χ2v) is 4.04. The van der Waals surface area contributed by atoms with Crippen molar-refractivity contribution >= 4 is 0 Å². The van der Waals surface area contributed by atoms with Crippen LogP contribution in [0.5, 0.6) is 0 Å². The molecule has 4 heteroatoms. The number of pyridine rings is 1. The van der Waals surface area contributed by atoms with E-state index in [1.807, 2.05) is 13.0 Å². The zero-order valence-corrected chi connectivity index (χ0v) is 11.4. The zero-order chi connectivity index (χ0) is 13.1. The van der Waals surface area contributed by atoms with E-state index in [2.05, 4.69) is 30.0 Å². The molecule has 0 radical (unpaired) electrons. The third kappa shape index (κ3) is 7.37. The Kier molecular flexibility index (Phi) is 8.38. The molecule has 0 aliphatic carbocycles. The summed E-state index contributed by atoms with van der Waals surface area (Å²) in [6.45, 7) is 8.97. The number of hydrogen-bond donors (Lipinski definition) is 0. The van der Waals surface area contributed by atoms with Crippen molar-refractivity contribution < 1.29 is 18.8 Å². The Hall–Kier alpha value is -0.970. The van der Waals surface area contributed by atoms with Crippen LogP contribution in [0.25, 0.3) is 0 Å². The predicted molar refractivity (Wildman–Crippen MR) is 69.5 cm³/mol. The molecule has 18 heavy (non-hydrogen) atoms.